The minimum atomic E-state index is -0.130. The Labute approximate surface area is 147 Å². The minimum absolute atomic E-state index is 0.0325. The molecule has 2 aromatic rings. The molecule has 2 aromatic carbocycles. The molecule has 126 valence electrons. The van der Waals surface area contributed by atoms with Crippen molar-refractivity contribution in [3.05, 3.63) is 65.2 Å². The van der Waals surface area contributed by atoms with Crippen molar-refractivity contribution in [1.29, 1.82) is 0 Å². The average molecular weight is 342 g/mol. The molecular weight excluding hydrogens is 320 g/mol. The van der Waals surface area contributed by atoms with Gasteiger partial charge in [-0.1, -0.05) is 35.9 Å². The van der Waals surface area contributed by atoms with Gasteiger partial charge in [0.1, 0.15) is 0 Å². The van der Waals surface area contributed by atoms with Crippen molar-refractivity contribution in [1.82, 2.24) is 10.6 Å². The van der Waals surface area contributed by atoms with Gasteiger partial charge in [-0.05, 0) is 37.6 Å². The zero-order chi connectivity index (χ0) is 17.4. The van der Waals surface area contributed by atoms with Crippen molar-refractivity contribution < 1.29 is 9.59 Å². The molecule has 2 amide bonds. The molecule has 0 saturated heterocycles. The Kier molecular flexibility index (Phi) is 6.88. The summed E-state index contributed by atoms with van der Waals surface area (Å²) in [4.78, 5) is 24.9. The Balaban J connectivity index is 1.66. The Morgan fingerprint density at radius 2 is 1.67 bits per heavy atom. The summed E-state index contributed by atoms with van der Waals surface area (Å²) in [5.41, 5.74) is 2.98. The smallest absolute Gasteiger partial charge is 0.251 e. The van der Waals surface area contributed by atoms with E-state index in [2.05, 4.69) is 28.8 Å². The van der Waals surface area contributed by atoms with Crippen LogP contribution in [0.3, 0.4) is 0 Å². The van der Waals surface area contributed by atoms with Crippen LogP contribution < -0.4 is 10.6 Å². The lowest BCUT2D eigenvalue weighted by atomic mass is 10.2. The number of amides is 2. The van der Waals surface area contributed by atoms with E-state index in [1.165, 1.54) is 22.9 Å². The first-order valence-electron chi connectivity index (χ1n) is 7.86. The van der Waals surface area contributed by atoms with E-state index in [9.17, 15) is 9.59 Å². The fraction of sp³-hybridized carbons (Fsp3) is 0.263. The molecule has 0 aromatic heterocycles. The summed E-state index contributed by atoms with van der Waals surface area (Å²) in [5, 5.41) is 5.60. The zero-order valence-electron chi connectivity index (χ0n) is 14.0. The zero-order valence-corrected chi connectivity index (χ0v) is 14.8. The van der Waals surface area contributed by atoms with Crippen molar-refractivity contribution in [3.8, 4) is 0 Å². The van der Waals surface area contributed by atoms with E-state index in [1.54, 1.807) is 12.1 Å². The Bertz CT molecular complexity index is 702. The topological polar surface area (TPSA) is 58.2 Å². The number of hydrogen-bond donors (Lipinski definition) is 2. The maximum absolute atomic E-state index is 11.9. The number of rotatable bonds is 7. The maximum Gasteiger partial charge on any atom is 0.251 e. The molecule has 0 aliphatic rings. The lowest BCUT2D eigenvalue weighted by Gasteiger charge is -2.09. The van der Waals surface area contributed by atoms with Crippen LogP contribution in [0.4, 0.5) is 0 Å². The number of benzene rings is 2. The van der Waals surface area contributed by atoms with E-state index < -0.39 is 0 Å². The molecule has 0 radical (unpaired) electrons. The molecule has 0 fully saturated rings. The third kappa shape index (κ3) is 5.74. The predicted molar refractivity (Wildman–Crippen MR) is 98.4 cm³/mol. The molecule has 0 aliphatic heterocycles. The fourth-order valence-electron chi connectivity index (χ4n) is 2.13. The van der Waals surface area contributed by atoms with Gasteiger partial charge in [0.05, 0.1) is 5.75 Å². The van der Waals surface area contributed by atoms with E-state index >= 15 is 0 Å². The van der Waals surface area contributed by atoms with Gasteiger partial charge in [0.25, 0.3) is 5.91 Å². The van der Waals surface area contributed by atoms with Crippen molar-refractivity contribution >= 4 is 23.6 Å². The molecule has 0 aliphatic carbocycles. The number of carbonyl (C=O) groups excluding carboxylic acids is 2. The van der Waals surface area contributed by atoms with Gasteiger partial charge in [-0.25, -0.2) is 0 Å². The maximum atomic E-state index is 11.9. The quantitative estimate of drug-likeness (QED) is 0.601. The molecule has 0 unspecified atom stereocenters. The summed E-state index contributed by atoms with van der Waals surface area (Å²) >= 11 is 1.53. The lowest BCUT2D eigenvalue weighted by molar-refractivity contribution is -0.118. The van der Waals surface area contributed by atoms with Gasteiger partial charge in [0.15, 0.2) is 0 Å². The normalized spacial score (nSPS) is 10.2. The van der Waals surface area contributed by atoms with Gasteiger partial charge in [0, 0.05) is 23.5 Å². The monoisotopic (exact) mass is 342 g/mol. The van der Waals surface area contributed by atoms with Gasteiger partial charge in [-0.3, -0.25) is 9.59 Å². The molecule has 2 N–H and O–H groups in total. The summed E-state index contributed by atoms with van der Waals surface area (Å²) in [5.74, 6) is 0.209. The molecule has 4 nitrogen and oxygen atoms in total. The molecular formula is C19H22N2O2S. The fourth-order valence-corrected chi connectivity index (χ4v) is 3.08. The molecule has 0 bridgehead atoms. The summed E-state index contributed by atoms with van der Waals surface area (Å²) in [6, 6.07) is 15.2. The van der Waals surface area contributed by atoms with Crippen LogP contribution in [0.15, 0.2) is 53.4 Å². The van der Waals surface area contributed by atoms with E-state index in [0.717, 1.165) is 4.90 Å². The number of carbonyl (C=O) groups is 2. The Morgan fingerprint density at radius 1 is 0.958 bits per heavy atom. The summed E-state index contributed by atoms with van der Waals surface area (Å²) in [7, 11) is 0. The number of hydrogen-bond acceptors (Lipinski definition) is 3. The van der Waals surface area contributed by atoms with Crippen LogP contribution in [0.25, 0.3) is 0 Å². The highest BCUT2D eigenvalue weighted by Gasteiger charge is 2.06. The Morgan fingerprint density at radius 3 is 2.42 bits per heavy atom. The Hall–Kier alpha value is -2.27. The second-order valence-electron chi connectivity index (χ2n) is 5.53. The van der Waals surface area contributed by atoms with Crippen LogP contribution in [-0.4, -0.2) is 30.7 Å². The first-order chi connectivity index (χ1) is 11.6. The van der Waals surface area contributed by atoms with Gasteiger partial charge in [-0.2, -0.15) is 0 Å². The average Bonchev–Trinajstić information content (AvgIpc) is 2.60. The minimum Gasteiger partial charge on any atom is -0.354 e. The van der Waals surface area contributed by atoms with Crippen molar-refractivity contribution in [2.75, 3.05) is 18.8 Å². The second kappa shape index (κ2) is 9.13. The van der Waals surface area contributed by atoms with Gasteiger partial charge in [-0.15, -0.1) is 11.8 Å². The third-order valence-corrected chi connectivity index (χ3v) is 4.63. The van der Waals surface area contributed by atoms with E-state index in [4.69, 9.17) is 0 Å². The van der Waals surface area contributed by atoms with Crippen LogP contribution >= 0.6 is 11.8 Å². The van der Waals surface area contributed by atoms with Crippen LogP contribution in [0.2, 0.25) is 0 Å². The molecule has 5 heteroatoms. The predicted octanol–water partition coefficient (Wildman–Crippen LogP) is 2.94. The van der Waals surface area contributed by atoms with Gasteiger partial charge in [0.2, 0.25) is 5.91 Å². The second-order valence-corrected chi connectivity index (χ2v) is 6.55. The van der Waals surface area contributed by atoms with Crippen LogP contribution in [0.5, 0.6) is 0 Å². The molecule has 24 heavy (non-hydrogen) atoms. The van der Waals surface area contributed by atoms with E-state index in [1.807, 2.05) is 32.0 Å². The molecule has 0 saturated carbocycles. The highest BCUT2D eigenvalue weighted by molar-refractivity contribution is 8.00. The molecule has 2 rings (SSSR count). The van der Waals surface area contributed by atoms with Crippen molar-refractivity contribution in [2.24, 2.45) is 0 Å². The SMILES string of the molecule is Cc1ccc(C)c(SCC(=O)NCCNC(=O)c2ccccc2)c1. The lowest BCUT2D eigenvalue weighted by Crippen LogP contribution is -2.35. The van der Waals surface area contributed by atoms with Crippen molar-refractivity contribution in [2.45, 2.75) is 18.7 Å². The van der Waals surface area contributed by atoms with Crippen molar-refractivity contribution in [3.63, 3.8) is 0 Å². The van der Waals surface area contributed by atoms with Gasteiger partial charge >= 0.3 is 0 Å². The molecule has 0 spiro atoms. The summed E-state index contributed by atoms with van der Waals surface area (Å²) in [6.45, 7) is 4.91. The number of nitrogens with one attached hydrogen (secondary N) is 2. The first-order valence-corrected chi connectivity index (χ1v) is 8.85. The van der Waals surface area contributed by atoms with Crippen LogP contribution in [0, 0.1) is 13.8 Å². The van der Waals surface area contributed by atoms with Crippen LogP contribution in [0.1, 0.15) is 21.5 Å². The summed E-state index contributed by atoms with van der Waals surface area (Å²) in [6.07, 6.45) is 0. The van der Waals surface area contributed by atoms with E-state index in [-0.39, 0.29) is 11.8 Å². The van der Waals surface area contributed by atoms with E-state index in [0.29, 0.717) is 24.4 Å². The largest absolute Gasteiger partial charge is 0.354 e. The molecule has 0 atom stereocenters. The van der Waals surface area contributed by atoms with Gasteiger partial charge < -0.3 is 10.6 Å². The standard InChI is InChI=1S/C19H22N2O2S/c1-14-8-9-15(2)17(12-14)24-13-18(22)20-10-11-21-19(23)16-6-4-3-5-7-16/h3-9,12H,10-11,13H2,1-2H3,(H,20,22)(H,21,23). The number of thioether (sulfide) groups is 1. The highest BCUT2D eigenvalue weighted by Crippen LogP contribution is 2.23. The highest BCUT2D eigenvalue weighted by atomic mass is 32.2. The molecule has 0 heterocycles. The summed E-state index contributed by atoms with van der Waals surface area (Å²) < 4.78 is 0. The third-order valence-electron chi connectivity index (χ3n) is 3.47. The number of aryl methyl sites for hydroxylation is 2. The van der Waals surface area contributed by atoms with Crippen LogP contribution in [-0.2, 0) is 4.79 Å². The first kappa shape index (κ1) is 18.1.